The lowest BCUT2D eigenvalue weighted by molar-refractivity contribution is -0.108. The van der Waals surface area contributed by atoms with Crippen molar-refractivity contribution < 1.29 is 33.2 Å². The van der Waals surface area contributed by atoms with E-state index in [2.05, 4.69) is 22.7 Å². The zero-order chi connectivity index (χ0) is 28.0. The third-order valence-electron chi connectivity index (χ3n) is 4.58. The van der Waals surface area contributed by atoms with Crippen LogP contribution in [-0.2, 0) is 33.2 Å². The maximum absolute atomic E-state index is 10.1. The highest BCUT2D eigenvalue weighted by Gasteiger charge is 2.04. The van der Waals surface area contributed by atoms with Gasteiger partial charge in [0.25, 0.3) is 0 Å². The van der Waals surface area contributed by atoms with Gasteiger partial charge in [0.2, 0.25) is 0 Å². The van der Waals surface area contributed by atoms with Crippen LogP contribution in [0, 0.1) is 0 Å². The molecule has 0 aliphatic rings. The van der Waals surface area contributed by atoms with Crippen molar-refractivity contribution in [2.75, 3.05) is 106 Å². The average Bonchev–Trinajstić information content (AvgIpc) is 2.88. The Kier molecular flexibility index (Phi) is 29.8. The number of nitrogens with two attached hydrogens (primary N) is 2. The number of hydrogen-bond donors (Lipinski definition) is 4. The topological polar surface area (TPSA) is 152 Å². The predicted molar refractivity (Wildman–Crippen MR) is 146 cm³/mol. The first-order valence-electron chi connectivity index (χ1n) is 13.0. The van der Waals surface area contributed by atoms with E-state index in [0.29, 0.717) is 85.6 Å². The van der Waals surface area contributed by atoms with Gasteiger partial charge in [-0.05, 0) is 47.3 Å². The fraction of sp³-hybridized carbons (Fsp3) is 0.880. The van der Waals surface area contributed by atoms with Crippen LogP contribution in [0.25, 0.3) is 0 Å². The van der Waals surface area contributed by atoms with Gasteiger partial charge in [-0.15, -0.1) is 0 Å². The van der Waals surface area contributed by atoms with E-state index in [1.807, 2.05) is 20.8 Å². The Morgan fingerprint density at radius 3 is 1.95 bits per heavy atom. The number of hydrogen-bond acceptors (Lipinski definition) is 12. The molecule has 0 spiro atoms. The van der Waals surface area contributed by atoms with Crippen molar-refractivity contribution in [3.63, 3.8) is 0 Å². The van der Waals surface area contributed by atoms with E-state index in [9.17, 15) is 4.79 Å². The van der Waals surface area contributed by atoms with Crippen LogP contribution in [0.2, 0.25) is 0 Å². The van der Waals surface area contributed by atoms with Crippen LogP contribution in [0.5, 0.6) is 0 Å². The number of nitrogens with zero attached hydrogens (tertiary/aromatic N) is 1. The number of carbonyl (C=O) groups is 1. The maximum atomic E-state index is 10.1. The van der Waals surface area contributed by atoms with Gasteiger partial charge in [0.05, 0.1) is 77.4 Å². The molecule has 0 radical (unpaired) electrons. The smallest absolute Gasteiger partial charge is 0.122 e. The van der Waals surface area contributed by atoms with E-state index in [1.165, 1.54) is 0 Å². The number of methoxy groups -OCH3 is 1. The van der Waals surface area contributed by atoms with Crippen molar-refractivity contribution >= 4 is 6.29 Å². The summed E-state index contributed by atoms with van der Waals surface area (Å²) >= 11 is 0. The molecular weight excluding hydrogens is 482 g/mol. The lowest BCUT2D eigenvalue weighted by atomic mass is 10.2. The molecule has 12 heteroatoms. The summed E-state index contributed by atoms with van der Waals surface area (Å²) in [5.41, 5.74) is 8.84. The Bertz CT molecular complexity index is 508. The molecule has 6 N–H and O–H groups in total. The van der Waals surface area contributed by atoms with Crippen LogP contribution in [0.4, 0.5) is 0 Å². The number of likely N-dealkylation sites (N-methyl/N-ethyl adjacent to an activating group) is 1. The van der Waals surface area contributed by atoms with Gasteiger partial charge in [-0.1, -0.05) is 0 Å². The first-order valence-corrected chi connectivity index (χ1v) is 13.0. The highest BCUT2D eigenvalue weighted by molar-refractivity contribution is 5.49. The molecule has 0 unspecified atom stereocenters. The minimum atomic E-state index is 0.0417. The summed E-state index contributed by atoms with van der Waals surface area (Å²) in [5, 5.41) is 3.09. The summed E-state index contributed by atoms with van der Waals surface area (Å²) < 4.78 is 32.1. The van der Waals surface area contributed by atoms with E-state index >= 15 is 0 Å². The average molecular weight is 538 g/mol. The highest BCUT2D eigenvalue weighted by atomic mass is 16.5. The summed E-state index contributed by atoms with van der Waals surface area (Å²) in [6.07, 6.45) is 4.00. The molecular formula is C25H55N5O7. The van der Waals surface area contributed by atoms with Crippen molar-refractivity contribution in [3.05, 3.63) is 11.9 Å². The zero-order valence-corrected chi connectivity index (χ0v) is 23.9. The van der Waals surface area contributed by atoms with Gasteiger partial charge < -0.3 is 54.6 Å². The van der Waals surface area contributed by atoms with Crippen LogP contribution in [0.3, 0.4) is 0 Å². The highest BCUT2D eigenvalue weighted by Crippen LogP contribution is 2.02. The van der Waals surface area contributed by atoms with Gasteiger partial charge in [0, 0.05) is 32.8 Å². The molecule has 0 aliphatic carbocycles. The molecule has 0 amide bonds. The Balaban J connectivity index is 0. The minimum absolute atomic E-state index is 0.0417. The van der Waals surface area contributed by atoms with Crippen molar-refractivity contribution in [2.24, 2.45) is 11.6 Å². The third-order valence-corrected chi connectivity index (χ3v) is 4.58. The Hall–Kier alpha value is -1.35. The number of hydrazine groups is 1. The molecule has 0 heterocycles. The van der Waals surface area contributed by atoms with Crippen molar-refractivity contribution in [1.82, 2.24) is 15.6 Å². The predicted octanol–water partition coefficient (Wildman–Crippen LogP) is 0.265. The number of ether oxygens (including phenoxy) is 6. The molecule has 0 rings (SSSR count). The molecule has 0 atom stereocenters. The summed E-state index contributed by atoms with van der Waals surface area (Å²) in [4.78, 5) is 12.3. The van der Waals surface area contributed by atoms with Crippen LogP contribution in [0.15, 0.2) is 11.9 Å². The largest absolute Gasteiger partial charge is 0.387 e. The second-order valence-electron chi connectivity index (χ2n) is 8.99. The fourth-order valence-electron chi connectivity index (χ4n) is 2.22. The summed E-state index contributed by atoms with van der Waals surface area (Å²) in [7, 11) is 3.77. The normalized spacial score (nSPS) is 11.8. The molecule has 0 aromatic carbocycles. The molecule has 37 heavy (non-hydrogen) atoms. The molecule has 0 fully saturated rings. The SMILES string of the molecule is CN(CCCN)CCOCCOCCOC/C(=C/NCCOCCOCCC=O)NN.COC(C)(C)C. The second-order valence-corrected chi connectivity index (χ2v) is 8.99. The Morgan fingerprint density at radius 2 is 1.41 bits per heavy atom. The van der Waals surface area contributed by atoms with Gasteiger partial charge in [0.15, 0.2) is 0 Å². The number of aldehydes is 1. The lowest BCUT2D eigenvalue weighted by Crippen LogP contribution is -2.27. The molecule has 0 aliphatic heterocycles. The van der Waals surface area contributed by atoms with Gasteiger partial charge in [-0.2, -0.15) is 0 Å². The van der Waals surface area contributed by atoms with E-state index in [4.69, 9.17) is 40.0 Å². The van der Waals surface area contributed by atoms with Gasteiger partial charge in [-0.3, -0.25) is 5.84 Å². The van der Waals surface area contributed by atoms with Gasteiger partial charge in [0.1, 0.15) is 6.29 Å². The Morgan fingerprint density at radius 1 is 0.865 bits per heavy atom. The van der Waals surface area contributed by atoms with Crippen LogP contribution < -0.4 is 22.3 Å². The van der Waals surface area contributed by atoms with Gasteiger partial charge >= 0.3 is 0 Å². The second kappa shape index (κ2) is 29.2. The molecule has 0 saturated carbocycles. The molecule has 222 valence electrons. The van der Waals surface area contributed by atoms with E-state index < -0.39 is 0 Å². The summed E-state index contributed by atoms with van der Waals surface area (Å²) in [5.74, 6) is 5.48. The number of carbonyl (C=O) groups excluding carboxylic acids is 1. The van der Waals surface area contributed by atoms with Crippen LogP contribution in [-0.4, -0.2) is 123 Å². The summed E-state index contributed by atoms with van der Waals surface area (Å²) in [6.45, 7) is 14.3. The fourth-order valence-corrected chi connectivity index (χ4v) is 2.22. The zero-order valence-electron chi connectivity index (χ0n) is 23.9. The van der Waals surface area contributed by atoms with Crippen molar-refractivity contribution in [1.29, 1.82) is 0 Å². The van der Waals surface area contributed by atoms with E-state index in [1.54, 1.807) is 13.3 Å². The van der Waals surface area contributed by atoms with Gasteiger partial charge in [-0.25, -0.2) is 0 Å². The monoisotopic (exact) mass is 537 g/mol. The van der Waals surface area contributed by atoms with Crippen LogP contribution >= 0.6 is 0 Å². The number of nitrogens with one attached hydrogen (secondary N) is 2. The van der Waals surface area contributed by atoms with Crippen molar-refractivity contribution in [3.8, 4) is 0 Å². The van der Waals surface area contributed by atoms with E-state index in [-0.39, 0.29) is 5.60 Å². The van der Waals surface area contributed by atoms with E-state index in [0.717, 1.165) is 31.5 Å². The standard InChI is InChI=1S/C20H43N5O6.C5H12O/c1-25(6-2-4-21)7-11-29-14-15-30-16-17-31-19-20(24-22)18-23-5-10-28-13-12-27-9-3-8-26;1-5(2,3)6-4/h8,18,23-24H,2-7,9-17,19,21-22H2,1H3;1-4H3/b20-18-;. The minimum Gasteiger partial charge on any atom is -0.387 e. The first kappa shape index (κ1) is 37.8. The molecule has 0 aromatic heterocycles. The first-order chi connectivity index (χ1) is 17.8. The molecule has 12 nitrogen and oxygen atoms in total. The van der Waals surface area contributed by atoms with Crippen molar-refractivity contribution in [2.45, 2.75) is 39.2 Å². The van der Waals surface area contributed by atoms with Crippen LogP contribution in [0.1, 0.15) is 33.6 Å². The molecule has 0 aromatic rings. The lowest BCUT2D eigenvalue weighted by Gasteiger charge is -2.15. The summed E-state index contributed by atoms with van der Waals surface area (Å²) in [6, 6.07) is 0. The Labute approximate surface area is 224 Å². The third kappa shape index (κ3) is 34.7. The number of rotatable bonds is 25. The maximum Gasteiger partial charge on any atom is 0.122 e. The quantitative estimate of drug-likeness (QED) is 0.0547. The molecule has 0 saturated heterocycles. The molecule has 0 bridgehead atoms.